The fourth-order valence-electron chi connectivity index (χ4n) is 1.45. The number of nitrogens with zero attached hydrogens (tertiary/aromatic N) is 1. The van der Waals surface area contributed by atoms with Gasteiger partial charge in [-0.1, -0.05) is 17.7 Å². The number of nitrogens with one attached hydrogen (secondary N) is 2. The van der Waals surface area contributed by atoms with Crippen LogP contribution < -0.4 is 10.6 Å². The van der Waals surface area contributed by atoms with Crippen molar-refractivity contribution in [1.82, 2.24) is 10.2 Å². The standard InChI is InChI=1S/C15H21N3O3S/c1-11-4-6-12(7-5-11)17-14(20)10-22-9-13(19)16-8-15(21)18(2)3/h4-7H,8-10H2,1-3H3,(H,16,19)(H,17,20). The van der Waals surface area contributed by atoms with Gasteiger partial charge in [-0.15, -0.1) is 11.8 Å². The van der Waals surface area contributed by atoms with Gasteiger partial charge in [0.1, 0.15) is 0 Å². The first-order valence-corrected chi connectivity index (χ1v) is 7.95. The number of carbonyl (C=O) groups excluding carboxylic acids is 3. The summed E-state index contributed by atoms with van der Waals surface area (Å²) in [6, 6.07) is 7.49. The van der Waals surface area contributed by atoms with Gasteiger partial charge < -0.3 is 15.5 Å². The zero-order valence-electron chi connectivity index (χ0n) is 13.0. The average Bonchev–Trinajstić information content (AvgIpc) is 2.47. The van der Waals surface area contributed by atoms with E-state index in [1.165, 1.54) is 16.7 Å². The molecule has 120 valence electrons. The summed E-state index contributed by atoms with van der Waals surface area (Å²) in [6.07, 6.45) is 0. The predicted molar refractivity (Wildman–Crippen MR) is 88.8 cm³/mol. The van der Waals surface area contributed by atoms with Crippen LogP contribution in [0, 0.1) is 6.92 Å². The zero-order chi connectivity index (χ0) is 16.5. The van der Waals surface area contributed by atoms with E-state index < -0.39 is 0 Å². The summed E-state index contributed by atoms with van der Waals surface area (Å²) in [5.41, 5.74) is 1.86. The van der Waals surface area contributed by atoms with Crippen LogP contribution in [-0.2, 0) is 14.4 Å². The Labute approximate surface area is 134 Å². The van der Waals surface area contributed by atoms with Crippen molar-refractivity contribution in [3.8, 4) is 0 Å². The van der Waals surface area contributed by atoms with Crippen LogP contribution in [-0.4, -0.2) is 54.8 Å². The van der Waals surface area contributed by atoms with E-state index in [2.05, 4.69) is 10.6 Å². The molecule has 0 heterocycles. The number of anilines is 1. The average molecular weight is 323 g/mol. The molecule has 0 aliphatic carbocycles. The third-order valence-electron chi connectivity index (χ3n) is 2.74. The quantitative estimate of drug-likeness (QED) is 0.780. The minimum atomic E-state index is -0.261. The molecule has 0 aliphatic rings. The largest absolute Gasteiger partial charge is 0.347 e. The number of hydrogen-bond donors (Lipinski definition) is 2. The minimum absolute atomic E-state index is 0.0258. The van der Waals surface area contributed by atoms with Gasteiger partial charge in [0.2, 0.25) is 17.7 Å². The Morgan fingerprint density at radius 3 is 2.23 bits per heavy atom. The third kappa shape index (κ3) is 7.12. The molecule has 1 rings (SSSR count). The SMILES string of the molecule is Cc1ccc(NC(=O)CSCC(=O)NCC(=O)N(C)C)cc1. The zero-order valence-corrected chi connectivity index (χ0v) is 13.8. The van der Waals surface area contributed by atoms with Crippen LogP contribution in [0.1, 0.15) is 5.56 Å². The van der Waals surface area contributed by atoms with Gasteiger partial charge in [-0.05, 0) is 19.1 Å². The molecule has 22 heavy (non-hydrogen) atoms. The molecular weight excluding hydrogens is 302 g/mol. The summed E-state index contributed by atoms with van der Waals surface area (Å²) in [5.74, 6) is -0.268. The summed E-state index contributed by atoms with van der Waals surface area (Å²) < 4.78 is 0. The maximum absolute atomic E-state index is 11.7. The number of thioether (sulfide) groups is 1. The van der Waals surface area contributed by atoms with Crippen molar-refractivity contribution < 1.29 is 14.4 Å². The number of amides is 3. The molecular formula is C15H21N3O3S. The van der Waals surface area contributed by atoms with E-state index in [1.807, 2.05) is 31.2 Å². The molecule has 0 unspecified atom stereocenters. The molecule has 0 radical (unpaired) electrons. The van der Waals surface area contributed by atoms with Gasteiger partial charge >= 0.3 is 0 Å². The van der Waals surface area contributed by atoms with Crippen LogP contribution in [0.2, 0.25) is 0 Å². The monoisotopic (exact) mass is 323 g/mol. The summed E-state index contributed by atoms with van der Waals surface area (Å²) in [4.78, 5) is 35.9. The van der Waals surface area contributed by atoms with Crippen molar-refractivity contribution in [1.29, 1.82) is 0 Å². The van der Waals surface area contributed by atoms with Gasteiger partial charge in [0, 0.05) is 19.8 Å². The number of hydrogen-bond acceptors (Lipinski definition) is 4. The van der Waals surface area contributed by atoms with Crippen molar-refractivity contribution in [3.05, 3.63) is 29.8 Å². The van der Waals surface area contributed by atoms with Gasteiger partial charge in [0.15, 0.2) is 0 Å². The van der Waals surface area contributed by atoms with Crippen LogP contribution in [0.4, 0.5) is 5.69 Å². The maximum atomic E-state index is 11.7. The van der Waals surface area contributed by atoms with Gasteiger partial charge in [-0.25, -0.2) is 0 Å². The van der Waals surface area contributed by atoms with Crippen molar-refractivity contribution >= 4 is 35.2 Å². The molecule has 0 spiro atoms. The number of rotatable bonds is 7. The van der Waals surface area contributed by atoms with E-state index in [-0.39, 0.29) is 35.8 Å². The van der Waals surface area contributed by atoms with E-state index in [9.17, 15) is 14.4 Å². The molecule has 7 heteroatoms. The Kier molecular flexibility index (Phi) is 7.45. The maximum Gasteiger partial charge on any atom is 0.241 e. The highest BCUT2D eigenvalue weighted by Crippen LogP contribution is 2.09. The predicted octanol–water partition coefficient (Wildman–Crippen LogP) is 0.871. The first-order chi connectivity index (χ1) is 10.4. The fourth-order valence-corrected chi connectivity index (χ4v) is 2.10. The molecule has 0 bridgehead atoms. The van der Waals surface area contributed by atoms with Crippen molar-refractivity contribution in [3.63, 3.8) is 0 Å². The first kappa shape index (κ1) is 18.0. The van der Waals surface area contributed by atoms with E-state index in [4.69, 9.17) is 0 Å². The fraction of sp³-hybridized carbons (Fsp3) is 0.400. The topological polar surface area (TPSA) is 78.5 Å². The highest BCUT2D eigenvalue weighted by Gasteiger charge is 2.08. The second kappa shape index (κ2) is 9.09. The lowest BCUT2D eigenvalue weighted by Gasteiger charge is -2.10. The van der Waals surface area contributed by atoms with E-state index in [0.29, 0.717) is 0 Å². The van der Waals surface area contributed by atoms with Crippen LogP contribution in [0.25, 0.3) is 0 Å². The number of aryl methyl sites for hydroxylation is 1. The smallest absolute Gasteiger partial charge is 0.241 e. The second-order valence-corrected chi connectivity index (χ2v) is 5.96. The first-order valence-electron chi connectivity index (χ1n) is 6.79. The van der Waals surface area contributed by atoms with Gasteiger partial charge in [-0.2, -0.15) is 0 Å². The van der Waals surface area contributed by atoms with Crippen molar-refractivity contribution in [2.24, 2.45) is 0 Å². The summed E-state index contributed by atoms with van der Waals surface area (Å²) in [5, 5.41) is 5.27. The molecule has 2 N–H and O–H groups in total. The highest BCUT2D eigenvalue weighted by atomic mass is 32.2. The van der Waals surface area contributed by atoms with Gasteiger partial charge in [-0.3, -0.25) is 14.4 Å². The molecule has 0 aliphatic heterocycles. The summed E-state index contributed by atoms with van der Waals surface area (Å²) in [7, 11) is 3.25. The molecule has 0 saturated heterocycles. The van der Waals surface area contributed by atoms with Gasteiger partial charge in [0.25, 0.3) is 0 Å². The Bertz CT molecular complexity index is 529. The normalized spacial score (nSPS) is 9.95. The van der Waals surface area contributed by atoms with Gasteiger partial charge in [0.05, 0.1) is 18.1 Å². The number of benzene rings is 1. The third-order valence-corrected chi connectivity index (χ3v) is 3.67. The number of carbonyl (C=O) groups is 3. The van der Waals surface area contributed by atoms with Crippen LogP contribution >= 0.6 is 11.8 Å². The lowest BCUT2D eigenvalue weighted by atomic mass is 10.2. The van der Waals surface area contributed by atoms with E-state index in [0.717, 1.165) is 11.3 Å². The lowest BCUT2D eigenvalue weighted by molar-refractivity contribution is -0.130. The molecule has 0 saturated carbocycles. The Balaban J connectivity index is 2.20. The molecule has 1 aromatic rings. The van der Waals surface area contributed by atoms with Crippen LogP contribution in [0.15, 0.2) is 24.3 Å². The lowest BCUT2D eigenvalue weighted by Crippen LogP contribution is -2.37. The van der Waals surface area contributed by atoms with Crippen molar-refractivity contribution in [2.45, 2.75) is 6.92 Å². The second-order valence-electron chi connectivity index (χ2n) is 4.97. The Hall–Kier alpha value is -2.02. The molecule has 1 aromatic carbocycles. The van der Waals surface area contributed by atoms with Crippen LogP contribution in [0.3, 0.4) is 0 Å². The van der Waals surface area contributed by atoms with E-state index >= 15 is 0 Å². The van der Waals surface area contributed by atoms with Crippen molar-refractivity contribution in [2.75, 3.05) is 37.5 Å². The Morgan fingerprint density at radius 2 is 1.64 bits per heavy atom. The molecule has 6 nitrogen and oxygen atoms in total. The molecule has 0 fully saturated rings. The number of likely N-dealkylation sites (N-methyl/N-ethyl adjacent to an activating group) is 1. The highest BCUT2D eigenvalue weighted by molar-refractivity contribution is 8.00. The van der Waals surface area contributed by atoms with E-state index in [1.54, 1.807) is 14.1 Å². The molecule has 0 aromatic heterocycles. The minimum Gasteiger partial charge on any atom is -0.347 e. The molecule has 3 amide bonds. The van der Waals surface area contributed by atoms with Crippen LogP contribution in [0.5, 0.6) is 0 Å². The summed E-state index contributed by atoms with van der Waals surface area (Å²) in [6.45, 7) is 1.95. The molecule has 0 atom stereocenters. The summed E-state index contributed by atoms with van der Waals surface area (Å²) >= 11 is 1.20. The Morgan fingerprint density at radius 1 is 1.05 bits per heavy atom.